The molecule has 0 radical (unpaired) electrons. The molecule has 1 aromatic heterocycles. The molecule has 0 bridgehead atoms. The first-order valence-electron chi connectivity index (χ1n) is 8.11. The topological polar surface area (TPSA) is 107 Å². The van der Waals surface area contributed by atoms with Gasteiger partial charge in [0.05, 0.1) is 0 Å². The Kier molecular flexibility index (Phi) is 8.01. The molecule has 138 valence electrons. The van der Waals surface area contributed by atoms with E-state index in [1.165, 1.54) is 30.6 Å². The van der Waals surface area contributed by atoms with Crippen molar-refractivity contribution in [3.63, 3.8) is 0 Å². The van der Waals surface area contributed by atoms with Crippen LogP contribution in [0.2, 0.25) is 0 Å². The first-order valence-corrected chi connectivity index (χ1v) is 9.51. The molecule has 0 saturated carbocycles. The second kappa shape index (κ2) is 9.26. The van der Waals surface area contributed by atoms with Gasteiger partial charge in [0, 0.05) is 32.0 Å². The lowest BCUT2D eigenvalue weighted by atomic mass is 9.91. The number of fused-ring (bicyclic) bond motifs is 1. The molecule has 0 amide bonds. The number of nitrogens with zero attached hydrogens (tertiary/aromatic N) is 4. The van der Waals surface area contributed by atoms with E-state index >= 15 is 0 Å². The van der Waals surface area contributed by atoms with E-state index in [0.29, 0.717) is 6.04 Å². The Bertz CT molecular complexity index is 614. The Balaban J connectivity index is 0.000000505. The maximum absolute atomic E-state index is 8.74. The first kappa shape index (κ1) is 20.8. The molecule has 24 heavy (non-hydrogen) atoms. The third kappa shape index (κ3) is 7.08. The van der Waals surface area contributed by atoms with Crippen molar-refractivity contribution in [3.8, 4) is 0 Å². The Morgan fingerprint density at radius 2 is 1.92 bits per heavy atom. The van der Waals surface area contributed by atoms with Crippen LogP contribution < -0.4 is 4.90 Å². The average molecular weight is 360 g/mol. The predicted molar refractivity (Wildman–Crippen MR) is 93.9 cm³/mol. The second-order valence-corrected chi connectivity index (χ2v) is 6.91. The molecule has 0 saturated heterocycles. The van der Waals surface area contributed by atoms with Gasteiger partial charge >= 0.3 is 10.4 Å². The van der Waals surface area contributed by atoms with E-state index in [1.54, 1.807) is 0 Å². The number of hydrogen-bond donors (Lipinski definition) is 2. The fraction of sp³-hybridized carbons (Fsp3) is 0.733. The van der Waals surface area contributed by atoms with Gasteiger partial charge in [-0.15, -0.1) is 0 Å². The molecular formula is C15H28N4O4S. The van der Waals surface area contributed by atoms with Gasteiger partial charge in [-0.25, -0.2) is 9.97 Å². The second-order valence-electron chi connectivity index (χ2n) is 6.01. The first-order chi connectivity index (χ1) is 11.2. The van der Waals surface area contributed by atoms with Crippen molar-refractivity contribution in [2.45, 2.75) is 45.6 Å². The fourth-order valence-electron chi connectivity index (χ4n) is 2.89. The smallest absolute Gasteiger partial charge is 0.347 e. The third-order valence-corrected chi connectivity index (χ3v) is 3.94. The van der Waals surface area contributed by atoms with E-state index in [1.807, 2.05) is 25.2 Å². The van der Waals surface area contributed by atoms with Crippen LogP contribution in [0.15, 0.2) is 6.20 Å². The Morgan fingerprint density at radius 3 is 2.42 bits per heavy atom. The molecule has 1 aliphatic rings. The van der Waals surface area contributed by atoms with E-state index in [9.17, 15) is 0 Å². The molecule has 0 fully saturated rings. The van der Waals surface area contributed by atoms with Gasteiger partial charge in [0.15, 0.2) is 0 Å². The molecule has 1 aromatic rings. The van der Waals surface area contributed by atoms with Gasteiger partial charge in [0.2, 0.25) is 5.95 Å². The standard InChI is InChI=1S/C15H26N4.H2O4S/c1-5-9-19(6-2)13-7-8-14-12(10-13)11-16-15(17-14)18(3)4;1-5(2,3)4/h11,13H,5-10H2,1-4H3;(H2,1,2,3,4). The van der Waals surface area contributed by atoms with E-state index in [4.69, 9.17) is 17.5 Å². The molecule has 1 aliphatic carbocycles. The number of hydrogen-bond acceptors (Lipinski definition) is 6. The largest absolute Gasteiger partial charge is 0.394 e. The Morgan fingerprint density at radius 1 is 1.29 bits per heavy atom. The van der Waals surface area contributed by atoms with Crippen LogP contribution in [0.25, 0.3) is 0 Å². The van der Waals surface area contributed by atoms with Crippen molar-refractivity contribution in [1.29, 1.82) is 0 Å². The monoisotopic (exact) mass is 360 g/mol. The molecule has 1 atom stereocenters. The van der Waals surface area contributed by atoms with Crippen LogP contribution in [-0.4, -0.2) is 65.6 Å². The molecule has 0 aromatic carbocycles. The van der Waals surface area contributed by atoms with Crippen molar-refractivity contribution >= 4 is 16.3 Å². The molecule has 2 N–H and O–H groups in total. The van der Waals surface area contributed by atoms with Crippen molar-refractivity contribution in [2.75, 3.05) is 32.1 Å². The van der Waals surface area contributed by atoms with Crippen LogP contribution in [0.1, 0.15) is 37.9 Å². The molecular weight excluding hydrogens is 332 g/mol. The minimum absolute atomic E-state index is 0.672. The highest BCUT2D eigenvalue weighted by atomic mass is 32.3. The summed E-state index contributed by atoms with van der Waals surface area (Å²) in [6.45, 7) is 6.86. The summed E-state index contributed by atoms with van der Waals surface area (Å²) in [5, 5.41) is 0. The zero-order chi connectivity index (χ0) is 18.3. The predicted octanol–water partition coefficient (Wildman–Crippen LogP) is 1.48. The lowest BCUT2D eigenvalue weighted by molar-refractivity contribution is 0.188. The van der Waals surface area contributed by atoms with Crippen molar-refractivity contribution in [2.24, 2.45) is 0 Å². The summed E-state index contributed by atoms with van der Waals surface area (Å²) in [6, 6.07) is 0.672. The number of aromatic nitrogens is 2. The van der Waals surface area contributed by atoms with Crippen LogP contribution in [0.4, 0.5) is 5.95 Å². The Hall–Kier alpha value is -1.29. The summed E-state index contributed by atoms with van der Waals surface area (Å²) in [4.78, 5) is 13.7. The zero-order valence-corrected chi connectivity index (χ0v) is 15.6. The van der Waals surface area contributed by atoms with Crippen LogP contribution >= 0.6 is 0 Å². The normalized spacial score (nSPS) is 17.0. The molecule has 0 aliphatic heterocycles. The fourth-order valence-corrected chi connectivity index (χ4v) is 2.89. The maximum atomic E-state index is 8.74. The SMILES string of the molecule is CCCN(CC)C1CCc2nc(N(C)C)ncc2C1.O=S(=O)(O)O. The molecule has 1 heterocycles. The summed E-state index contributed by atoms with van der Waals surface area (Å²) < 4.78 is 31.6. The van der Waals surface area contributed by atoms with Crippen LogP contribution in [0.3, 0.4) is 0 Å². The van der Waals surface area contributed by atoms with Crippen LogP contribution in [0.5, 0.6) is 0 Å². The van der Waals surface area contributed by atoms with Crippen molar-refractivity contribution < 1.29 is 17.5 Å². The third-order valence-electron chi connectivity index (χ3n) is 3.94. The molecule has 9 heteroatoms. The average Bonchev–Trinajstić information content (AvgIpc) is 2.50. The van der Waals surface area contributed by atoms with E-state index < -0.39 is 10.4 Å². The zero-order valence-electron chi connectivity index (χ0n) is 14.8. The van der Waals surface area contributed by atoms with Gasteiger partial charge in [-0.2, -0.15) is 8.42 Å². The quantitative estimate of drug-likeness (QED) is 0.761. The van der Waals surface area contributed by atoms with Gasteiger partial charge in [0.1, 0.15) is 0 Å². The van der Waals surface area contributed by atoms with E-state index in [0.717, 1.165) is 25.3 Å². The minimum Gasteiger partial charge on any atom is -0.347 e. The summed E-state index contributed by atoms with van der Waals surface area (Å²) in [5.41, 5.74) is 2.60. The maximum Gasteiger partial charge on any atom is 0.394 e. The van der Waals surface area contributed by atoms with Gasteiger partial charge < -0.3 is 9.80 Å². The van der Waals surface area contributed by atoms with Gasteiger partial charge in [-0.3, -0.25) is 9.11 Å². The lowest BCUT2D eigenvalue weighted by Crippen LogP contribution is -2.40. The Labute approximate surface area is 144 Å². The highest BCUT2D eigenvalue weighted by molar-refractivity contribution is 7.79. The summed E-state index contributed by atoms with van der Waals surface area (Å²) >= 11 is 0. The van der Waals surface area contributed by atoms with Gasteiger partial charge in [0.25, 0.3) is 0 Å². The van der Waals surface area contributed by atoms with Crippen molar-refractivity contribution in [3.05, 3.63) is 17.5 Å². The summed E-state index contributed by atoms with van der Waals surface area (Å²) in [6.07, 6.45) is 6.68. The molecule has 2 rings (SSSR count). The minimum atomic E-state index is -4.67. The molecule has 0 spiro atoms. The number of likely N-dealkylation sites (N-methyl/N-ethyl adjacent to an activating group) is 1. The number of rotatable bonds is 5. The highest BCUT2D eigenvalue weighted by Gasteiger charge is 2.24. The number of anilines is 1. The van der Waals surface area contributed by atoms with Crippen LogP contribution in [-0.2, 0) is 23.2 Å². The summed E-state index contributed by atoms with van der Waals surface area (Å²) in [5.74, 6) is 0.832. The van der Waals surface area contributed by atoms with Crippen LogP contribution in [0, 0.1) is 0 Å². The lowest BCUT2D eigenvalue weighted by Gasteiger charge is -2.34. The van der Waals surface area contributed by atoms with Gasteiger partial charge in [-0.05, 0) is 44.3 Å². The summed E-state index contributed by atoms with van der Waals surface area (Å²) in [7, 11) is -0.680. The highest BCUT2D eigenvalue weighted by Crippen LogP contribution is 2.24. The van der Waals surface area contributed by atoms with Crippen molar-refractivity contribution in [1.82, 2.24) is 14.9 Å². The molecule has 8 nitrogen and oxygen atoms in total. The van der Waals surface area contributed by atoms with E-state index in [2.05, 4.69) is 28.7 Å². The van der Waals surface area contributed by atoms with Gasteiger partial charge in [-0.1, -0.05) is 13.8 Å². The number of aryl methyl sites for hydroxylation is 1. The van der Waals surface area contributed by atoms with E-state index in [-0.39, 0.29) is 0 Å². The molecule has 1 unspecified atom stereocenters.